The summed E-state index contributed by atoms with van der Waals surface area (Å²) in [5.41, 5.74) is -0.0348. The van der Waals surface area contributed by atoms with E-state index >= 15 is 0 Å². The van der Waals surface area contributed by atoms with Gasteiger partial charge in [0.25, 0.3) is 5.91 Å². The summed E-state index contributed by atoms with van der Waals surface area (Å²) in [6, 6.07) is 7.35. The molecule has 0 bridgehead atoms. The van der Waals surface area contributed by atoms with Gasteiger partial charge in [0.05, 0.1) is 6.61 Å². The van der Waals surface area contributed by atoms with Crippen LogP contribution in [0.5, 0.6) is 5.75 Å². The molecule has 1 aromatic carbocycles. The highest BCUT2D eigenvalue weighted by atomic mass is 16.5. The summed E-state index contributed by atoms with van der Waals surface area (Å²) in [6.45, 7) is 8.96. The van der Waals surface area contributed by atoms with Crippen LogP contribution in [0.25, 0.3) is 0 Å². The van der Waals surface area contributed by atoms with Gasteiger partial charge in [-0.15, -0.1) is 0 Å². The second kappa shape index (κ2) is 7.90. The maximum absolute atomic E-state index is 12.3. The molecule has 0 aliphatic heterocycles. The van der Waals surface area contributed by atoms with Crippen molar-refractivity contribution in [2.24, 2.45) is 0 Å². The summed E-state index contributed by atoms with van der Waals surface area (Å²) in [7, 11) is 0. The van der Waals surface area contributed by atoms with E-state index < -0.39 is 5.60 Å². The monoisotopic (exact) mass is 279 g/mol. The van der Waals surface area contributed by atoms with Crippen LogP contribution in [0.3, 0.4) is 0 Å². The zero-order valence-corrected chi connectivity index (χ0v) is 12.9. The molecule has 0 radical (unpaired) electrons. The summed E-state index contributed by atoms with van der Waals surface area (Å²) in [4.78, 5) is 12.3. The Bertz CT molecular complexity index is 416. The van der Waals surface area contributed by atoms with Crippen molar-refractivity contribution in [2.45, 2.75) is 46.1 Å². The Hall–Kier alpha value is -1.55. The van der Waals surface area contributed by atoms with Crippen molar-refractivity contribution in [3.63, 3.8) is 0 Å². The summed E-state index contributed by atoms with van der Waals surface area (Å²) in [5, 5.41) is 2.89. The van der Waals surface area contributed by atoms with Crippen LogP contribution >= 0.6 is 0 Å². The van der Waals surface area contributed by atoms with Crippen molar-refractivity contribution < 1.29 is 14.3 Å². The Kier molecular flexibility index (Phi) is 6.52. The lowest BCUT2D eigenvalue weighted by molar-refractivity contribution is -0.139. The van der Waals surface area contributed by atoms with Crippen LogP contribution in [0, 0.1) is 0 Å². The minimum Gasteiger partial charge on any atom is -0.494 e. The Balaban J connectivity index is 2.68. The summed E-state index contributed by atoms with van der Waals surface area (Å²) >= 11 is 0. The maximum Gasteiger partial charge on any atom is 0.256 e. The maximum atomic E-state index is 12.3. The molecule has 1 N–H and O–H groups in total. The molecule has 1 rings (SSSR count). The number of carbonyl (C=O) groups excluding carboxylic acids is 1. The second-order valence-electron chi connectivity index (χ2n) is 4.84. The molecular formula is C16H25NO3. The SMILES string of the molecule is CCCO[C@](C)(CC)C(=O)Nc1ccc(OCC)cc1. The predicted molar refractivity (Wildman–Crippen MR) is 81.2 cm³/mol. The Morgan fingerprint density at radius 1 is 1.20 bits per heavy atom. The molecule has 0 unspecified atom stereocenters. The first-order valence-electron chi connectivity index (χ1n) is 7.24. The molecule has 1 atom stereocenters. The lowest BCUT2D eigenvalue weighted by atomic mass is 10.0. The van der Waals surface area contributed by atoms with Gasteiger partial charge in [-0.2, -0.15) is 0 Å². The third-order valence-electron chi connectivity index (χ3n) is 3.20. The molecular weight excluding hydrogens is 254 g/mol. The van der Waals surface area contributed by atoms with Gasteiger partial charge in [-0.25, -0.2) is 0 Å². The number of carbonyl (C=O) groups is 1. The quantitative estimate of drug-likeness (QED) is 0.790. The van der Waals surface area contributed by atoms with Crippen LogP contribution in [0.1, 0.15) is 40.5 Å². The molecule has 1 amide bonds. The van der Waals surface area contributed by atoms with Crippen molar-refractivity contribution in [3.05, 3.63) is 24.3 Å². The van der Waals surface area contributed by atoms with Crippen LogP contribution in [-0.2, 0) is 9.53 Å². The van der Waals surface area contributed by atoms with Crippen molar-refractivity contribution in [3.8, 4) is 5.75 Å². The highest BCUT2D eigenvalue weighted by Gasteiger charge is 2.32. The largest absolute Gasteiger partial charge is 0.494 e. The van der Waals surface area contributed by atoms with Gasteiger partial charge in [-0.1, -0.05) is 13.8 Å². The lowest BCUT2D eigenvalue weighted by Gasteiger charge is -2.27. The van der Waals surface area contributed by atoms with Gasteiger partial charge in [-0.05, 0) is 51.0 Å². The van der Waals surface area contributed by atoms with Crippen LogP contribution in [0.15, 0.2) is 24.3 Å². The fourth-order valence-corrected chi connectivity index (χ4v) is 1.72. The van der Waals surface area contributed by atoms with Crippen LogP contribution in [0.4, 0.5) is 5.69 Å². The van der Waals surface area contributed by atoms with Crippen LogP contribution in [-0.4, -0.2) is 24.7 Å². The number of amides is 1. The molecule has 0 saturated heterocycles. The number of hydrogen-bond donors (Lipinski definition) is 1. The lowest BCUT2D eigenvalue weighted by Crippen LogP contribution is -2.42. The molecule has 20 heavy (non-hydrogen) atoms. The standard InChI is InChI=1S/C16H25NO3/c1-5-12-20-16(4,6-2)15(18)17-13-8-10-14(11-9-13)19-7-3/h8-11H,5-7,12H2,1-4H3,(H,17,18)/t16-/m1/s1. The van der Waals surface area contributed by atoms with Crippen molar-refractivity contribution in [1.82, 2.24) is 0 Å². The molecule has 0 fully saturated rings. The normalized spacial score (nSPS) is 13.6. The molecule has 0 aliphatic rings. The first-order valence-corrected chi connectivity index (χ1v) is 7.24. The highest BCUT2D eigenvalue weighted by Crippen LogP contribution is 2.21. The second-order valence-corrected chi connectivity index (χ2v) is 4.84. The summed E-state index contributed by atoms with van der Waals surface area (Å²) < 4.78 is 11.1. The fourth-order valence-electron chi connectivity index (χ4n) is 1.72. The fraction of sp³-hybridized carbons (Fsp3) is 0.562. The van der Waals surface area contributed by atoms with E-state index in [4.69, 9.17) is 9.47 Å². The minimum absolute atomic E-state index is 0.113. The number of nitrogens with one attached hydrogen (secondary N) is 1. The molecule has 1 aromatic rings. The van der Waals surface area contributed by atoms with E-state index in [-0.39, 0.29) is 5.91 Å². The van der Waals surface area contributed by atoms with Gasteiger partial charge in [0.15, 0.2) is 0 Å². The van der Waals surface area contributed by atoms with Gasteiger partial charge in [0.1, 0.15) is 11.4 Å². The first kappa shape index (κ1) is 16.5. The average molecular weight is 279 g/mol. The van der Waals surface area contributed by atoms with E-state index in [1.54, 1.807) is 0 Å². The zero-order chi connectivity index (χ0) is 15.0. The Labute approximate surface area is 121 Å². The van der Waals surface area contributed by atoms with Crippen molar-refractivity contribution in [2.75, 3.05) is 18.5 Å². The molecule has 0 aliphatic carbocycles. The topological polar surface area (TPSA) is 47.6 Å². The number of hydrogen-bond acceptors (Lipinski definition) is 3. The minimum atomic E-state index is -0.783. The first-order chi connectivity index (χ1) is 9.55. The molecule has 112 valence electrons. The summed E-state index contributed by atoms with van der Waals surface area (Å²) in [5.74, 6) is 0.684. The number of anilines is 1. The number of benzene rings is 1. The van der Waals surface area contributed by atoms with Gasteiger partial charge in [-0.3, -0.25) is 4.79 Å². The zero-order valence-electron chi connectivity index (χ0n) is 12.9. The van der Waals surface area contributed by atoms with E-state index in [0.717, 1.165) is 17.9 Å². The smallest absolute Gasteiger partial charge is 0.256 e. The third-order valence-corrected chi connectivity index (χ3v) is 3.20. The van der Waals surface area contributed by atoms with Crippen molar-refractivity contribution >= 4 is 11.6 Å². The predicted octanol–water partition coefficient (Wildman–Crippen LogP) is 3.62. The van der Waals surface area contributed by atoms with E-state index in [9.17, 15) is 4.79 Å². The van der Waals surface area contributed by atoms with Crippen molar-refractivity contribution in [1.29, 1.82) is 0 Å². The molecule has 0 aromatic heterocycles. The van der Waals surface area contributed by atoms with E-state index in [1.165, 1.54) is 0 Å². The number of rotatable bonds is 8. The van der Waals surface area contributed by atoms with Gasteiger partial charge >= 0.3 is 0 Å². The molecule has 4 nitrogen and oxygen atoms in total. The molecule has 4 heteroatoms. The van der Waals surface area contributed by atoms with E-state index in [0.29, 0.717) is 19.6 Å². The van der Waals surface area contributed by atoms with Crippen LogP contribution < -0.4 is 10.1 Å². The Morgan fingerprint density at radius 3 is 2.35 bits per heavy atom. The average Bonchev–Trinajstić information content (AvgIpc) is 2.47. The molecule has 0 saturated carbocycles. The Morgan fingerprint density at radius 2 is 1.85 bits per heavy atom. The van der Waals surface area contributed by atoms with E-state index in [2.05, 4.69) is 5.32 Å². The van der Waals surface area contributed by atoms with Gasteiger partial charge < -0.3 is 14.8 Å². The van der Waals surface area contributed by atoms with Gasteiger partial charge in [0.2, 0.25) is 0 Å². The van der Waals surface area contributed by atoms with Crippen LogP contribution in [0.2, 0.25) is 0 Å². The van der Waals surface area contributed by atoms with Gasteiger partial charge in [0, 0.05) is 12.3 Å². The van der Waals surface area contributed by atoms with E-state index in [1.807, 2.05) is 52.0 Å². The molecule has 0 heterocycles. The number of ether oxygens (including phenoxy) is 2. The third kappa shape index (κ3) is 4.53. The highest BCUT2D eigenvalue weighted by molar-refractivity contribution is 5.97. The summed E-state index contributed by atoms with van der Waals surface area (Å²) in [6.07, 6.45) is 1.53. The molecule has 0 spiro atoms.